The number of aromatic nitrogens is 2. The van der Waals surface area contributed by atoms with E-state index in [2.05, 4.69) is 4.98 Å². The second-order valence-corrected chi connectivity index (χ2v) is 4.10. The van der Waals surface area contributed by atoms with E-state index in [4.69, 9.17) is 4.42 Å². The normalized spacial score (nSPS) is 11.0. The van der Waals surface area contributed by atoms with Gasteiger partial charge >= 0.3 is 5.63 Å². The van der Waals surface area contributed by atoms with Gasteiger partial charge < -0.3 is 14.6 Å². The van der Waals surface area contributed by atoms with Crippen LogP contribution in [0.2, 0.25) is 0 Å². The summed E-state index contributed by atoms with van der Waals surface area (Å²) in [4.78, 5) is 15.9. The Hall–Kier alpha value is -2.76. The van der Waals surface area contributed by atoms with Gasteiger partial charge in [0.1, 0.15) is 17.1 Å². The van der Waals surface area contributed by atoms with Gasteiger partial charge in [-0.3, -0.25) is 4.40 Å². The molecular formula is C13H9N2O4-. The summed E-state index contributed by atoms with van der Waals surface area (Å²) in [5.74, 6) is -0.557. The molecule has 3 rings (SSSR count). The van der Waals surface area contributed by atoms with Crippen molar-refractivity contribution in [2.45, 2.75) is 6.92 Å². The predicted octanol–water partition coefficient (Wildman–Crippen LogP) is 1.04. The molecule has 96 valence electrons. The third kappa shape index (κ3) is 1.65. The Kier molecular flexibility index (Phi) is 2.31. The first-order valence-corrected chi connectivity index (χ1v) is 5.56. The lowest BCUT2D eigenvalue weighted by atomic mass is 10.2. The summed E-state index contributed by atoms with van der Waals surface area (Å²) in [6.07, 6.45) is 1.58. The molecular weight excluding hydrogens is 248 g/mol. The zero-order valence-electron chi connectivity index (χ0n) is 9.95. The Morgan fingerprint density at radius 3 is 2.89 bits per heavy atom. The fourth-order valence-electron chi connectivity index (χ4n) is 1.95. The molecule has 0 aliphatic heterocycles. The van der Waals surface area contributed by atoms with E-state index in [0.29, 0.717) is 5.65 Å². The number of hydrogen-bond donors (Lipinski definition) is 1. The molecule has 0 saturated carbocycles. The predicted molar refractivity (Wildman–Crippen MR) is 65.0 cm³/mol. The zero-order valence-corrected chi connectivity index (χ0v) is 9.95. The minimum absolute atomic E-state index is 0.0649. The van der Waals surface area contributed by atoms with Crippen molar-refractivity contribution in [2.75, 3.05) is 0 Å². The molecule has 3 heterocycles. The van der Waals surface area contributed by atoms with Crippen LogP contribution in [0.25, 0.3) is 16.9 Å². The van der Waals surface area contributed by atoms with Gasteiger partial charge in [-0.2, -0.15) is 0 Å². The third-order valence-electron chi connectivity index (χ3n) is 2.78. The Morgan fingerprint density at radius 2 is 2.21 bits per heavy atom. The molecule has 0 fully saturated rings. The van der Waals surface area contributed by atoms with Crippen molar-refractivity contribution >= 4 is 5.65 Å². The number of aromatic hydroxyl groups is 1. The molecule has 3 aromatic heterocycles. The lowest BCUT2D eigenvalue weighted by Crippen LogP contribution is -2.09. The summed E-state index contributed by atoms with van der Waals surface area (Å²) in [6, 6.07) is 6.29. The van der Waals surface area contributed by atoms with Crippen LogP contribution in [-0.2, 0) is 0 Å². The molecule has 1 N–H and O–H groups in total. The van der Waals surface area contributed by atoms with Crippen molar-refractivity contribution < 1.29 is 14.6 Å². The van der Waals surface area contributed by atoms with E-state index in [1.165, 1.54) is 17.4 Å². The van der Waals surface area contributed by atoms with Crippen LogP contribution in [-0.4, -0.2) is 14.5 Å². The van der Waals surface area contributed by atoms with Crippen LogP contribution in [0.4, 0.5) is 0 Å². The van der Waals surface area contributed by atoms with Gasteiger partial charge in [0, 0.05) is 6.20 Å². The standard InChI is InChI=1S/C13H10N2O4/c1-7-6-8(16)10(13(18)19-7)11-12(17)15-5-3-2-4-9(15)14-11/h2-6,16-17H,1H3/p-1. The van der Waals surface area contributed by atoms with Crippen LogP contribution in [0.5, 0.6) is 11.6 Å². The van der Waals surface area contributed by atoms with Gasteiger partial charge in [0.2, 0.25) is 5.88 Å². The first kappa shape index (κ1) is 11.3. The maximum absolute atomic E-state index is 11.9. The number of aryl methyl sites for hydroxylation is 1. The minimum atomic E-state index is -0.802. The topological polar surface area (TPSA) is 90.8 Å². The average Bonchev–Trinajstić information content (AvgIpc) is 2.66. The lowest BCUT2D eigenvalue weighted by molar-refractivity contribution is -0.267. The van der Waals surface area contributed by atoms with E-state index >= 15 is 0 Å². The maximum Gasteiger partial charge on any atom is 0.344 e. The molecule has 0 amide bonds. The largest absolute Gasteiger partial charge is 0.872 e. The molecule has 0 saturated heterocycles. The van der Waals surface area contributed by atoms with Gasteiger partial charge in [0.05, 0.1) is 5.56 Å². The van der Waals surface area contributed by atoms with Crippen molar-refractivity contribution in [1.82, 2.24) is 9.38 Å². The molecule has 0 spiro atoms. The van der Waals surface area contributed by atoms with Gasteiger partial charge in [-0.25, -0.2) is 9.78 Å². The molecule has 3 aromatic rings. The smallest absolute Gasteiger partial charge is 0.344 e. The van der Waals surface area contributed by atoms with Crippen LogP contribution < -0.4 is 10.7 Å². The molecule has 0 aliphatic carbocycles. The highest BCUT2D eigenvalue weighted by Crippen LogP contribution is 2.31. The summed E-state index contributed by atoms with van der Waals surface area (Å²) < 4.78 is 6.26. The van der Waals surface area contributed by atoms with Gasteiger partial charge in [0.25, 0.3) is 0 Å². The number of nitrogens with zero attached hydrogens (tertiary/aromatic N) is 2. The lowest BCUT2D eigenvalue weighted by Gasteiger charge is -2.10. The van der Waals surface area contributed by atoms with Crippen LogP contribution >= 0.6 is 0 Å². The highest BCUT2D eigenvalue weighted by Gasteiger charge is 2.17. The monoisotopic (exact) mass is 257 g/mol. The van der Waals surface area contributed by atoms with Crippen LogP contribution in [0, 0.1) is 6.92 Å². The summed E-state index contributed by atoms with van der Waals surface area (Å²) in [6.45, 7) is 1.51. The van der Waals surface area contributed by atoms with Gasteiger partial charge in [-0.15, -0.1) is 0 Å². The van der Waals surface area contributed by atoms with E-state index in [0.717, 1.165) is 0 Å². The second-order valence-electron chi connectivity index (χ2n) is 4.10. The van der Waals surface area contributed by atoms with Crippen molar-refractivity contribution in [1.29, 1.82) is 0 Å². The Labute approximate surface area is 107 Å². The molecule has 0 atom stereocenters. The molecule has 0 aromatic carbocycles. The summed E-state index contributed by atoms with van der Waals surface area (Å²) in [5.41, 5.74) is -0.685. The first-order chi connectivity index (χ1) is 9.08. The number of hydrogen-bond acceptors (Lipinski definition) is 5. The fourth-order valence-corrected chi connectivity index (χ4v) is 1.95. The minimum Gasteiger partial charge on any atom is -0.872 e. The third-order valence-corrected chi connectivity index (χ3v) is 2.78. The van der Waals surface area contributed by atoms with Crippen LogP contribution in [0.3, 0.4) is 0 Å². The van der Waals surface area contributed by atoms with E-state index < -0.39 is 11.4 Å². The molecule has 0 unspecified atom stereocenters. The quantitative estimate of drug-likeness (QED) is 0.703. The van der Waals surface area contributed by atoms with Crippen molar-refractivity contribution in [3.63, 3.8) is 0 Å². The molecule has 0 radical (unpaired) electrons. The molecule has 0 bridgehead atoms. The van der Waals surface area contributed by atoms with E-state index in [1.54, 1.807) is 24.4 Å². The van der Waals surface area contributed by atoms with Gasteiger partial charge in [0.15, 0.2) is 0 Å². The summed E-state index contributed by atoms with van der Waals surface area (Å²) in [7, 11) is 0. The molecule has 0 aliphatic rings. The number of imidazole rings is 1. The molecule has 19 heavy (non-hydrogen) atoms. The molecule has 6 heteroatoms. The highest BCUT2D eigenvalue weighted by molar-refractivity contribution is 5.72. The number of fused-ring (bicyclic) bond motifs is 1. The SMILES string of the molecule is Cc1cc([O-])c(-c2nc3ccccn3c2O)c(=O)o1. The Bertz CT molecular complexity index is 832. The Morgan fingerprint density at radius 1 is 1.42 bits per heavy atom. The second kappa shape index (κ2) is 3.88. The number of rotatable bonds is 1. The van der Waals surface area contributed by atoms with Crippen molar-refractivity contribution in [2.24, 2.45) is 0 Å². The van der Waals surface area contributed by atoms with Crippen LogP contribution in [0.1, 0.15) is 5.76 Å². The number of pyridine rings is 1. The zero-order chi connectivity index (χ0) is 13.6. The van der Waals surface area contributed by atoms with E-state index in [-0.39, 0.29) is 22.9 Å². The van der Waals surface area contributed by atoms with Crippen LogP contribution in [0.15, 0.2) is 39.7 Å². The summed E-state index contributed by atoms with van der Waals surface area (Å²) >= 11 is 0. The van der Waals surface area contributed by atoms with E-state index in [9.17, 15) is 15.0 Å². The van der Waals surface area contributed by atoms with E-state index in [1.807, 2.05) is 0 Å². The van der Waals surface area contributed by atoms with Crippen molar-refractivity contribution in [3.8, 4) is 22.9 Å². The average molecular weight is 257 g/mol. The maximum atomic E-state index is 11.9. The fraction of sp³-hybridized carbons (Fsp3) is 0.0769. The highest BCUT2D eigenvalue weighted by atomic mass is 16.4. The van der Waals surface area contributed by atoms with Gasteiger partial charge in [-0.05, 0) is 25.1 Å². The van der Waals surface area contributed by atoms with Crippen molar-refractivity contribution in [3.05, 3.63) is 46.6 Å². The summed E-state index contributed by atoms with van der Waals surface area (Å²) in [5, 5.41) is 21.9. The molecule has 6 nitrogen and oxygen atoms in total. The van der Waals surface area contributed by atoms with Gasteiger partial charge in [-0.1, -0.05) is 11.8 Å². The first-order valence-electron chi connectivity index (χ1n) is 5.56. The Balaban J connectivity index is 2.37.